The number of phenolic OH excluding ortho intramolecular Hbond substituents is 1. The van der Waals surface area contributed by atoms with Crippen molar-refractivity contribution in [3.05, 3.63) is 59.6 Å². The summed E-state index contributed by atoms with van der Waals surface area (Å²) >= 11 is 0. The smallest absolute Gasteiger partial charge is 0.492 e. The Morgan fingerprint density at radius 2 is 1.45 bits per heavy atom. The molecule has 0 bridgehead atoms. The predicted octanol–water partition coefficient (Wildman–Crippen LogP) is 5.60. The number of carbonyl (C=O) groups is 1. The summed E-state index contributed by atoms with van der Waals surface area (Å²) in [5.41, 5.74) is 2.22. The summed E-state index contributed by atoms with van der Waals surface area (Å²) in [4.78, 5) is 12.3. The van der Waals surface area contributed by atoms with Crippen molar-refractivity contribution in [2.24, 2.45) is 0 Å². The highest BCUT2D eigenvalue weighted by molar-refractivity contribution is 6.56. The molecule has 1 aliphatic rings. The summed E-state index contributed by atoms with van der Waals surface area (Å²) in [6.07, 6.45) is 1.48. The van der Waals surface area contributed by atoms with Crippen molar-refractivity contribution in [1.82, 2.24) is 5.32 Å². The molecule has 6 nitrogen and oxygen atoms in total. The van der Waals surface area contributed by atoms with E-state index in [2.05, 4.69) is 5.32 Å². The van der Waals surface area contributed by atoms with Crippen LogP contribution in [-0.2, 0) is 14.0 Å². The van der Waals surface area contributed by atoms with E-state index in [9.17, 15) is 9.90 Å². The Morgan fingerprint density at radius 1 is 0.970 bits per heavy atom. The Balaban J connectivity index is 1.83. The fourth-order valence-corrected chi connectivity index (χ4v) is 3.33. The van der Waals surface area contributed by atoms with Crippen LogP contribution < -0.4 is 5.32 Å². The molecule has 0 radical (unpaired) electrons. The maximum Gasteiger partial charge on any atom is 0.492 e. The van der Waals surface area contributed by atoms with Gasteiger partial charge in [0.1, 0.15) is 11.4 Å². The van der Waals surface area contributed by atoms with Gasteiger partial charge < -0.3 is 24.5 Å². The molecular formula is C26H34BNO5. The third-order valence-corrected chi connectivity index (χ3v) is 5.86. The van der Waals surface area contributed by atoms with Gasteiger partial charge in [0.25, 0.3) is 0 Å². The molecule has 1 aliphatic heterocycles. The minimum atomic E-state index is -0.596. The van der Waals surface area contributed by atoms with Crippen LogP contribution in [0, 0.1) is 0 Å². The van der Waals surface area contributed by atoms with Gasteiger partial charge in [0.05, 0.1) is 11.2 Å². The highest BCUT2D eigenvalue weighted by atomic mass is 16.7. The molecule has 176 valence electrons. The zero-order valence-electron chi connectivity index (χ0n) is 20.6. The molecule has 3 rings (SSSR count). The summed E-state index contributed by atoms with van der Waals surface area (Å²) in [5, 5.41) is 12.3. The van der Waals surface area contributed by atoms with Gasteiger partial charge in [0.15, 0.2) is 0 Å². The second-order valence-corrected chi connectivity index (χ2v) is 10.3. The lowest BCUT2D eigenvalue weighted by Crippen LogP contribution is -2.41. The first-order valence-corrected chi connectivity index (χ1v) is 11.2. The van der Waals surface area contributed by atoms with Gasteiger partial charge in [-0.05, 0) is 82.8 Å². The molecule has 1 amide bonds. The fourth-order valence-electron chi connectivity index (χ4n) is 3.33. The first-order valence-electron chi connectivity index (χ1n) is 11.2. The van der Waals surface area contributed by atoms with Crippen LogP contribution >= 0.6 is 0 Å². The maximum atomic E-state index is 12.3. The molecule has 7 heteroatoms. The van der Waals surface area contributed by atoms with E-state index in [0.717, 1.165) is 22.2 Å². The number of carbonyl (C=O) groups excluding carboxylic acids is 1. The quantitative estimate of drug-likeness (QED) is 0.579. The summed E-state index contributed by atoms with van der Waals surface area (Å²) in [5.74, 6) is 0.239. The lowest BCUT2D eigenvalue weighted by Gasteiger charge is -2.32. The van der Waals surface area contributed by atoms with Gasteiger partial charge >= 0.3 is 13.2 Å². The van der Waals surface area contributed by atoms with Gasteiger partial charge in [0, 0.05) is 6.54 Å². The molecule has 2 aromatic rings. The van der Waals surface area contributed by atoms with E-state index in [4.69, 9.17) is 14.0 Å². The molecule has 1 fully saturated rings. The Kier molecular flexibility index (Phi) is 6.96. The van der Waals surface area contributed by atoms with Crippen molar-refractivity contribution >= 4 is 19.3 Å². The molecule has 2 aromatic carbocycles. The number of hydrogen-bond donors (Lipinski definition) is 2. The monoisotopic (exact) mass is 451 g/mol. The van der Waals surface area contributed by atoms with Crippen molar-refractivity contribution in [2.45, 2.75) is 65.3 Å². The van der Waals surface area contributed by atoms with Crippen LogP contribution in [0.2, 0.25) is 0 Å². The van der Waals surface area contributed by atoms with E-state index in [1.807, 2.05) is 90.9 Å². The molecule has 1 saturated heterocycles. The molecular weight excluding hydrogens is 417 g/mol. The summed E-state index contributed by atoms with van der Waals surface area (Å²) in [6, 6.07) is 15.1. The second kappa shape index (κ2) is 9.24. The average molecular weight is 451 g/mol. The van der Waals surface area contributed by atoms with Gasteiger partial charge in [-0.15, -0.1) is 0 Å². The van der Waals surface area contributed by atoms with Crippen LogP contribution in [0.4, 0.5) is 4.79 Å². The molecule has 2 N–H and O–H groups in total. The average Bonchev–Trinajstić information content (AvgIpc) is 2.92. The zero-order valence-corrected chi connectivity index (χ0v) is 20.6. The summed E-state index contributed by atoms with van der Waals surface area (Å²) in [7, 11) is -0.596. The third kappa shape index (κ3) is 6.39. The van der Waals surface area contributed by atoms with E-state index < -0.39 is 30.0 Å². The fraction of sp³-hybridized carbons (Fsp3) is 0.423. The Bertz CT molecular complexity index is 988. The largest absolute Gasteiger partial charge is 0.508 e. The van der Waals surface area contributed by atoms with Crippen LogP contribution in [0.3, 0.4) is 0 Å². The van der Waals surface area contributed by atoms with Crippen LogP contribution in [0.1, 0.15) is 54.0 Å². The minimum Gasteiger partial charge on any atom is -0.508 e. The number of nitrogens with one attached hydrogen (secondary N) is 1. The van der Waals surface area contributed by atoms with E-state index in [0.29, 0.717) is 0 Å². The number of ether oxygens (including phenoxy) is 1. The SMILES string of the molecule is CC(C)(C)OC(=O)NCC(=Cc1ccc(-c2ccc(O)cc2)cc1)B1OC(C)(C)C(C)(C)O1. The third-order valence-electron chi connectivity index (χ3n) is 5.86. The lowest BCUT2D eigenvalue weighted by atomic mass is 9.77. The van der Waals surface area contributed by atoms with E-state index in [1.165, 1.54) is 0 Å². The van der Waals surface area contributed by atoms with Crippen molar-refractivity contribution in [3.8, 4) is 16.9 Å². The molecule has 0 saturated carbocycles. The van der Waals surface area contributed by atoms with Crippen molar-refractivity contribution < 1.29 is 23.9 Å². The number of hydrogen-bond acceptors (Lipinski definition) is 5. The molecule has 0 aromatic heterocycles. The molecule has 1 heterocycles. The Hall–Kier alpha value is -2.77. The minimum absolute atomic E-state index is 0.228. The van der Waals surface area contributed by atoms with E-state index >= 15 is 0 Å². The number of amides is 1. The maximum absolute atomic E-state index is 12.3. The standard InChI is InChI=1S/C26H34BNO5/c1-24(2,3)31-23(30)28-17-21(27-32-25(4,5)26(6,7)33-27)16-18-8-10-19(11-9-18)20-12-14-22(29)15-13-20/h8-16,29H,17H2,1-7H3,(H,28,30). The predicted molar refractivity (Wildman–Crippen MR) is 132 cm³/mol. The number of aromatic hydroxyl groups is 1. The van der Waals surface area contributed by atoms with Crippen LogP contribution in [0.15, 0.2) is 54.0 Å². The molecule has 0 atom stereocenters. The molecule has 33 heavy (non-hydrogen) atoms. The number of alkyl carbamates (subject to hydrolysis) is 1. The van der Waals surface area contributed by atoms with Gasteiger partial charge in [-0.1, -0.05) is 42.5 Å². The zero-order chi connectivity index (χ0) is 24.4. The van der Waals surface area contributed by atoms with Crippen molar-refractivity contribution in [3.63, 3.8) is 0 Å². The van der Waals surface area contributed by atoms with E-state index in [1.54, 1.807) is 12.1 Å². The van der Waals surface area contributed by atoms with Crippen molar-refractivity contribution in [1.29, 1.82) is 0 Å². The molecule has 0 unspecified atom stereocenters. The summed E-state index contributed by atoms with van der Waals surface area (Å²) < 4.78 is 17.8. The normalized spacial score (nSPS) is 17.7. The first kappa shape index (κ1) is 24.9. The van der Waals surface area contributed by atoms with Crippen LogP contribution in [0.25, 0.3) is 17.2 Å². The topological polar surface area (TPSA) is 77.0 Å². The number of rotatable bonds is 5. The highest BCUT2D eigenvalue weighted by Gasteiger charge is 2.52. The number of phenols is 1. The van der Waals surface area contributed by atoms with Gasteiger partial charge in [0.2, 0.25) is 0 Å². The molecule has 0 aliphatic carbocycles. The summed E-state index contributed by atoms with van der Waals surface area (Å²) in [6.45, 7) is 13.7. The van der Waals surface area contributed by atoms with Gasteiger partial charge in [-0.3, -0.25) is 0 Å². The Labute approximate surface area is 197 Å². The lowest BCUT2D eigenvalue weighted by molar-refractivity contribution is 0.00578. The van der Waals surface area contributed by atoms with Gasteiger partial charge in [-0.25, -0.2) is 4.79 Å². The second-order valence-electron chi connectivity index (χ2n) is 10.3. The van der Waals surface area contributed by atoms with E-state index in [-0.39, 0.29) is 12.3 Å². The Morgan fingerprint density at radius 3 is 1.94 bits per heavy atom. The van der Waals surface area contributed by atoms with Crippen LogP contribution in [0.5, 0.6) is 5.75 Å². The molecule has 0 spiro atoms. The van der Waals surface area contributed by atoms with Crippen molar-refractivity contribution in [2.75, 3.05) is 6.54 Å². The van der Waals surface area contributed by atoms with Crippen LogP contribution in [-0.4, -0.2) is 41.7 Å². The highest BCUT2D eigenvalue weighted by Crippen LogP contribution is 2.38. The van der Waals surface area contributed by atoms with Gasteiger partial charge in [-0.2, -0.15) is 0 Å². The number of benzene rings is 2. The first-order chi connectivity index (χ1) is 15.3.